The number of aliphatic carboxylic acids is 1. The number of carbonyl (C=O) groups is 1. The first kappa shape index (κ1) is 13.8. The van der Waals surface area contributed by atoms with Crippen LogP contribution in [0.4, 0.5) is 0 Å². The van der Waals surface area contributed by atoms with Gasteiger partial charge in [0.15, 0.2) is 0 Å². The van der Waals surface area contributed by atoms with E-state index in [0.29, 0.717) is 10.6 Å². The molecule has 94 valence electrons. The topological polar surface area (TPSA) is 83.5 Å². The molecule has 1 unspecified atom stereocenters. The Morgan fingerprint density at radius 1 is 1.41 bits per heavy atom. The number of benzene rings is 1. The Kier molecular flexibility index (Phi) is 4.37. The third-order valence-corrected chi connectivity index (χ3v) is 2.89. The predicted molar refractivity (Wildman–Crippen MR) is 66.4 cm³/mol. The van der Waals surface area contributed by atoms with Gasteiger partial charge >= 0.3 is 5.97 Å². The molecule has 1 atom stereocenters. The van der Waals surface area contributed by atoms with Crippen LogP contribution in [0.5, 0.6) is 5.75 Å². The van der Waals surface area contributed by atoms with Gasteiger partial charge in [-0.25, -0.2) is 0 Å². The first-order valence-electron chi connectivity index (χ1n) is 5.32. The summed E-state index contributed by atoms with van der Waals surface area (Å²) in [6.07, 6.45) is -0.245. The Labute approximate surface area is 105 Å². The monoisotopic (exact) mass is 257 g/mol. The fraction of sp³-hybridized carbons (Fsp3) is 0.417. The molecule has 0 spiro atoms. The fourth-order valence-corrected chi connectivity index (χ4v) is 2.02. The average molecular weight is 258 g/mol. The second-order valence-electron chi connectivity index (χ2n) is 4.29. The first-order chi connectivity index (χ1) is 7.82. The van der Waals surface area contributed by atoms with Crippen molar-refractivity contribution in [3.05, 3.63) is 28.3 Å². The van der Waals surface area contributed by atoms with Crippen molar-refractivity contribution in [3.63, 3.8) is 0 Å². The third-order valence-electron chi connectivity index (χ3n) is 2.56. The number of halogens is 1. The molecule has 0 aliphatic heterocycles. The molecule has 4 nitrogen and oxygen atoms in total. The van der Waals surface area contributed by atoms with E-state index in [1.807, 2.05) is 13.8 Å². The second kappa shape index (κ2) is 5.38. The lowest BCUT2D eigenvalue weighted by molar-refractivity contribution is -0.137. The van der Waals surface area contributed by atoms with Gasteiger partial charge in [0.25, 0.3) is 0 Å². The van der Waals surface area contributed by atoms with E-state index in [-0.39, 0.29) is 18.1 Å². The average Bonchev–Trinajstić information content (AvgIpc) is 2.19. The molecule has 0 aliphatic carbocycles. The Hall–Kier alpha value is -1.26. The summed E-state index contributed by atoms with van der Waals surface area (Å²) in [5.74, 6) is -0.842. The van der Waals surface area contributed by atoms with E-state index in [1.54, 1.807) is 12.1 Å². The molecule has 1 rings (SSSR count). The van der Waals surface area contributed by atoms with Crippen LogP contribution in [-0.2, 0) is 4.79 Å². The minimum absolute atomic E-state index is 0.00755. The molecule has 0 heterocycles. The van der Waals surface area contributed by atoms with Gasteiger partial charge in [-0.3, -0.25) is 4.79 Å². The number of carboxylic acids is 1. The Morgan fingerprint density at radius 3 is 2.47 bits per heavy atom. The van der Waals surface area contributed by atoms with E-state index in [4.69, 9.17) is 22.4 Å². The van der Waals surface area contributed by atoms with Crippen molar-refractivity contribution in [1.82, 2.24) is 0 Å². The van der Waals surface area contributed by atoms with Crippen molar-refractivity contribution in [1.29, 1.82) is 0 Å². The highest BCUT2D eigenvalue weighted by Gasteiger charge is 2.17. The number of phenols is 1. The summed E-state index contributed by atoms with van der Waals surface area (Å²) in [4.78, 5) is 10.6. The molecule has 17 heavy (non-hydrogen) atoms. The number of nitrogens with two attached hydrogens (primary N) is 1. The normalized spacial score (nSPS) is 12.8. The van der Waals surface area contributed by atoms with Crippen LogP contribution in [0.1, 0.15) is 43.4 Å². The molecule has 0 aliphatic rings. The lowest BCUT2D eigenvalue weighted by Crippen LogP contribution is -2.15. The van der Waals surface area contributed by atoms with Crippen molar-refractivity contribution >= 4 is 17.6 Å². The van der Waals surface area contributed by atoms with Crippen molar-refractivity contribution < 1.29 is 15.0 Å². The number of phenolic OH excluding ortho intramolecular Hbond substituents is 1. The van der Waals surface area contributed by atoms with Crippen LogP contribution in [0, 0.1) is 0 Å². The Balaban J connectivity index is 3.11. The summed E-state index contributed by atoms with van der Waals surface area (Å²) in [6, 6.07) is 2.33. The van der Waals surface area contributed by atoms with E-state index in [0.717, 1.165) is 5.56 Å². The van der Waals surface area contributed by atoms with Gasteiger partial charge in [0.05, 0.1) is 6.42 Å². The summed E-state index contributed by atoms with van der Waals surface area (Å²) in [7, 11) is 0. The van der Waals surface area contributed by atoms with Gasteiger partial charge in [-0.2, -0.15) is 0 Å². The predicted octanol–water partition coefficient (Wildman–Crippen LogP) is 2.64. The lowest BCUT2D eigenvalue weighted by Gasteiger charge is -2.15. The highest BCUT2D eigenvalue weighted by atomic mass is 35.5. The highest BCUT2D eigenvalue weighted by Crippen LogP contribution is 2.34. The maximum Gasteiger partial charge on any atom is 0.305 e. The van der Waals surface area contributed by atoms with Gasteiger partial charge in [-0.05, 0) is 23.6 Å². The molecule has 1 aromatic carbocycles. The zero-order valence-electron chi connectivity index (χ0n) is 9.77. The third kappa shape index (κ3) is 3.35. The molecular formula is C12H16ClNO3. The van der Waals surface area contributed by atoms with Crippen LogP contribution >= 0.6 is 11.6 Å². The van der Waals surface area contributed by atoms with Crippen LogP contribution < -0.4 is 5.73 Å². The van der Waals surface area contributed by atoms with Gasteiger partial charge in [0.2, 0.25) is 0 Å². The molecule has 0 radical (unpaired) electrons. The molecule has 4 N–H and O–H groups in total. The lowest BCUT2D eigenvalue weighted by atomic mass is 9.97. The van der Waals surface area contributed by atoms with Gasteiger partial charge < -0.3 is 15.9 Å². The highest BCUT2D eigenvalue weighted by molar-refractivity contribution is 6.31. The van der Waals surface area contributed by atoms with Gasteiger partial charge in [-0.1, -0.05) is 25.4 Å². The quantitative estimate of drug-likeness (QED) is 0.774. The largest absolute Gasteiger partial charge is 0.508 e. The minimum Gasteiger partial charge on any atom is -0.508 e. The van der Waals surface area contributed by atoms with E-state index in [1.165, 1.54) is 0 Å². The molecule has 0 amide bonds. The van der Waals surface area contributed by atoms with Crippen LogP contribution in [0.25, 0.3) is 0 Å². The number of hydrogen-bond acceptors (Lipinski definition) is 3. The molecule has 5 heteroatoms. The fourth-order valence-electron chi connectivity index (χ4n) is 1.63. The Morgan fingerprint density at radius 2 is 2.00 bits per heavy atom. The van der Waals surface area contributed by atoms with Crippen LogP contribution in [0.15, 0.2) is 12.1 Å². The van der Waals surface area contributed by atoms with Gasteiger partial charge in [0, 0.05) is 16.6 Å². The Bertz CT molecular complexity index is 432. The zero-order valence-corrected chi connectivity index (χ0v) is 10.5. The van der Waals surface area contributed by atoms with Crippen LogP contribution in [0.2, 0.25) is 5.02 Å². The van der Waals surface area contributed by atoms with Gasteiger partial charge in [-0.15, -0.1) is 0 Å². The summed E-state index contributed by atoms with van der Waals surface area (Å²) >= 11 is 6.06. The van der Waals surface area contributed by atoms with Crippen LogP contribution in [-0.4, -0.2) is 16.2 Å². The van der Waals surface area contributed by atoms with Crippen molar-refractivity contribution in [3.8, 4) is 5.75 Å². The van der Waals surface area contributed by atoms with E-state index < -0.39 is 12.0 Å². The van der Waals surface area contributed by atoms with Crippen LogP contribution in [0.3, 0.4) is 0 Å². The molecule has 0 aromatic heterocycles. The maximum absolute atomic E-state index is 10.6. The second-order valence-corrected chi connectivity index (χ2v) is 4.70. The minimum atomic E-state index is -1.01. The number of hydrogen-bond donors (Lipinski definition) is 3. The SMILES string of the molecule is CC(C)c1cc(O)c(C(N)CC(=O)O)cc1Cl. The summed E-state index contributed by atoms with van der Waals surface area (Å²) in [5, 5.41) is 19.0. The number of rotatable bonds is 4. The molecule has 1 aromatic rings. The van der Waals surface area contributed by atoms with Crippen molar-refractivity contribution in [2.24, 2.45) is 5.73 Å². The molecular weight excluding hydrogens is 242 g/mol. The van der Waals surface area contributed by atoms with Gasteiger partial charge in [0.1, 0.15) is 5.75 Å². The zero-order chi connectivity index (χ0) is 13.2. The smallest absolute Gasteiger partial charge is 0.305 e. The molecule has 0 saturated carbocycles. The molecule has 0 bridgehead atoms. The summed E-state index contributed by atoms with van der Waals surface area (Å²) in [5.41, 5.74) is 6.87. The van der Waals surface area contributed by atoms with E-state index in [2.05, 4.69) is 0 Å². The summed E-state index contributed by atoms with van der Waals surface area (Å²) in [6.45, 7) is 3.91. The molecule has 0 fully saturated rings. The van der Waals surface area contributed by atoms with Crippen molar-refractivity contribution in [2.45, 2.75) is 32.2 Å². The standard InChI is InChI=1S/C12H16ClNO3/c1-6(2)7-4-11(15)8(3-9(7)13)10(14)5-12(16)17/h3-4,6,10,15H,5,14H2,1-2H3,(H,16,17). The molecule has 0 saturated heterocycles. The van der Waals surface area contributed by atoms with E-state index in [9.17, 15) is 9.90 Å². The van der Waals surface area contributed by atoms with Crippen molar-refractivity contribution in [2.75, 3.05) is 0 Å². The number of aromatic hydroxyl groups is 1. The number of carboxylic acid groups (broad SMARTS) is 1. The first-order valence-corrected chi connectivity index (χ1v) is 5.70. The summed E-state index contributed by atoms with van der Waals surface area (Å²) < 4.78 is 0. The van der Waals surface area contributed by atoms with E-state index >= 15 is 0 Å². The maximum atomic E-state index is 10.6.